The van der Waals surface area contributed by atoms with Crippen molar-refractivity contribution in [1.82, 2.24) is 5.32 Å². The molecule has 4 heteroatoms. The molecule has 0 bridgehead atoms. The highest BCUT2D eigenvalue weighted by atomic mass is 16.5. The van der Waals surface area contributed by atoms with Crippen LogP contribution in [0.3, 0.4) is 0 Å². The summed E-state index contributed by atoms with van der Waals surface area (Å²) in [7, 11) is 3.38. The molecule has 0 atom stereocenters. The van der Waals surface area contributed by atoms with Gasteiger partial charge in [-0.05, 0) is 29.8 Å². The quantitative estimate of drug-likeness (QED) is 0.927. The average Bonchev–Trinajstić information content (AvgIpc) is 2.53. The van der Waals surface area contributed by atoms with Crippen LogP contribution < -0.4 is 15.0 Å². The Hall–Kier alpha value is -2.49. The molecule has 0 saturated carbocycles. The van der Waals surface area contributed by atoms with Crippen LogP contribution in [-0.4, -0.2) is 20.2 Å². The van der Waals surface area contributed by atoms with Gasteiger partial charge < -0.3 is 10.1 Å². The van der Waals surface area contributed by atoms with Crippen molar-refractivity contribution in [1.29, 1.82) is 0 Å². The third-order valence-corrected chi connectivity index (χ3v) is 3.05. The smallest absolute Gasteiger partial charge is 0.321 e. The van der Waals surface area contributed by atoms with Gasteiger partial charge in [-0.3, -0.25) is 4.90 Å². The van der Waals surface area contributed by atoms with E-state index in [4.69, 9.17) is 4.74 Å². The van der Waals surface area contributed by atoms with Gasteiger partial charge in [0.25, 0.3) is 0 Å². The first-order valence-electron chi connectivity index (χ1n) is 6.40. The Bertz CT molecular complexity index is 552. The fraction of sp³-hybridized carbons (Fsp3) is 0.188. The number of urea groups is 1. The summed E-state index contributed by atoms with van der Waals surface area (Å²) in [6, 6.07) is 17.0. The first-order chi connectivity index (χ1) is 9.70. The maximum absolute atomic E-state index is 12.0. The van der Waals surface area contributed by atoms with Crippen LogP contribution >= 0.6 is 0 Å². The number of carbonyl (C=O) groups is 1. The highest BCUT2D eigenvalue weighted by Crippen LogP contribution is 2.12. The van der Waals surface area contributed by atoms with Crippen molar-refractivity contribution >= 4 is 11.7 Å². The Labute approximate surface area is 119 Å². The molecule has 2 rings (SSSR count). The molecule has 0 unspecified atom stereocenters. The number of rotatable bonds is 4. The molecule has 0 aliphatic heterocycles. The number of ether oxygens (including phenoxy) is 1. The van der Waals surface area contributed by atoms with E-state index < -0.39 is 0 Å². The van der Waals surface area contributed by atoms with E-state index in [0.29, 0.717) is 6.54 Å². The van der Waals surface area contributed by atoms with Crippen molar-refractivity contribution in [2.24, 2.45) is 0 Å². The highest BCUT2D eigenvalue weighted by Gasteiger charge is 2.09. The Morgan fingerprint density at radius 1 is 1.10 bits per heavy atom. The first-order valence-corrected chi connectivity index (χ1v) is 6.40. The van der Waals surface area contributed by atoms with E-state index in [-0.39, 0.29) is 6.03 Å². The number of carbonyl (C=O) groups excluding carboxylic acids is 1. The molecule has 0 spiro atoms. The standard InChI is InChI=1S/C16H18N2O2/c1-18(14-6-4-3-5-7-14)16(19)17-12-13-8-10-15(20-2)11-9-13/h3-11H,12H2,1-2H3,(H,17,19). The lowest BCUT2D eigenvalue weighted by molar-refractivity contribution is 0.247. The fourth-order valence-corrected chi connectivity index (χ4v) is 1.81. The van der Waals surface area contributed by atoms with Crippen molar-refractivity contribution in [2.75, 3.05) is 19.1 Å². The summed E-state index contributed by atoms with van der Waals surface area (Å²) >= 11 is 0. The average molecular weight is 270 g/mol. The SMILES string of the molecule is COc1ccc(CNC(=O)N(C)c2ccccc2)cc1. The molecule has 0 aliphatic carbocycles. The molecule has 2 aromatic carbocycles. The second-order valence-electron chi connectivity index (χ2n) is 4.40. The van der Waals surface area contributed by atoms with Gasteiger partial charge in [0, 0.05) is 19.3 Å². The molecule has 0 aliphatic rings. The number of hydrogen-bond acceptors (Lipinski definition) is 2. The number of anilines is 1. The largest absolute Gasteiger partial charge is 0.497 e. The molecule has 20 heavy (non-hydrogen) atoms. The Balaban J connectivity index is 1.91. The van der Waals surface area contributed by atoms with E-state index in [1.807, 2.05) is 54.6 Å². The number of para-hydroxylation sites is 1. The molecule has 0 fully saturated rings. The Morgan fingerprint density at radius 2 is 1.75 bits per heavy atom. The van der Waals surface area contributed by atoms with Crippen LogP contribution in [0.2, 0.25) is 0 Å². The highest BCUT2D eigenvalue weighted by molar-refractivity contribution is 5.91. The van der Waals surface area contributed by atoms with E-state index in [2.05, 4.69) is 5.32 Å². The van der Waals surface area contributed by atoms with Gasteiger partial charge in [0.15, 0.2) is 0 Å². The summed E-state index contributed by atoms with van der Waals surface area (Å²) in [5.74, 6) is 0.807. The summed E-state index contributed by atoms with van der Waals surface area (Å²) in [5.41, 5.74) is 1.89. The second kappa shape index (κ2) is 6.61. The van der Waals surface area contributed by atoms with E-state index in [9.17, 15) is 4.79 Å². The van der Waals surface area contributed by atoms with Crippen LogP contribution in [0.15, 0.2) is 54.6 Å². The van der Waals surface area contributed by atoms with Crippen molar-refractivity contribution in [3.63, 3.8) is 0 Å². The monoisotopic (exact) mass is 270 g/mol. The zero-order valence-electron chi connectivity index (χ0n) is 11.7. The topological polar surface area (TPSA) is 41.6 Å². The number of hydrogen-bond donors (Lipinski definition) is 1. The van der Waals surface area contributed by atoms with Gasteiger partial charge in [-0.1, -0.05) is 30.3 Å². The van der Waals surface area contributed by atoms with Crippen LogP contribution in [-0.2, 0) is 6.54 Å². The maximum Gasteiger partial charge on any atom is 0.321 e. The van der Waals surface area contributed by atoms with Crippen molar-refractivity contribution in [3.8, 4) is 5.75 Å². The molecular formula is C16H18N2O2. The van der Waals surface area contributed by atoms with Crippen LogP contribution in [0.5, 0.6) is 5.75 Å². The predicted octanol–water partition coefficient (Wildman–Crippen LogP) is 3.04. The van der Waals surface area contributed by atoms with E-state index in [1.165, 1.54) is 0 Å². The molecular weight excluding hydrogens is 252 g/mol. The van der Waals surface area contributed by atoms with Crippen LogP contribution in [0.25, 0.3) is 0 Å². The predicted molar refractivity (Wildman–Crippen MR) is 80.1 cm³/mol. The maximum atomic E-state index is 12.0. The van der Waals surface area contributed by atoms with Gasteiger partial charge in [0.2, 0.25) is 0 Å². The lowest BCUT2D eigenvalue weighted by atomic mass is 10.2. The molecule has 0 heterocycles. The van der Waals surface area contributed by atoms with Gasteiger partial charge in [-0.15, -0.1) is 0 Å². The van der Waals surface area contributed by atoms with Crippen molar-refractivity contribution in [3.05, 3.63) is 60.2 Å². The normalized spacial score (nSPS) is 9.90. The zero-order chi connectivity index (χ0) is 14.4. The molecule has 4 nitrogen and oxygen atoms in total. The minimum atomic E-state index is -0.132. The molecule has 2 amide bonds. The molecule has 1 N–H and O–H groups in total. The number of methoxy groups -OCH3 is 1. The molecule has 0 aromatic heterocycles. The minimum Gasteiger partial charge on any atom is -0.497 e. The molecule has 104 valence electrons. The van der Waals surface area contributed by atoms with Gasteiger partial charge >= 0.3 is 6.03 Å². The Kier molecular flexibility index (Phi) is 4.60. The lowest BCUT2D eigenvalue weighted by Crippen LogP contribution is -2.36. The van der Waals surface area contributed by atoms with E-state index in [1.54, 1.807) is 19.1 Å². The minimum absolute atomic E-state index is 0.132. The molecule has 0 saturated heterocycles. The second-order valence-corrected chi connectivity index (χ2v) is 4.40. The third kappa shape index (κ3) is 3.51. The van der Waals surface area contributed by atoms with Crippen LogP contribution in [0, 0.1) is 0 Å². The van der Waals surface area contributed by atoms with Crippen LogP contribution in [0.1, 0.15) is 5.56 Å². The zero-order valence-corrected chi connectivity index (χ0v) is 11.7. The molecule has 2 aromatic rings. The van der Waals surface area contributed by atoms with E-state index >= 15 is 0 Å². The number of nitrogens with one attached hydrogen (secondary N) is 1. The molecule has 0 radical (unpaired) electrons. The van der Waals surface area contributed by atoms with Gasteiger partial charge in [0.1, 0.15) is 5.75 Å². The van der Waals surface area contributed by atoms with Gasteiger partial charge in [-0.25, -0.2) is 4.79 Å². The summed E-state index contributed by atoms with van der Waals surface area (Å²) in [6.07, 6.45) is 0. The number of benzene rings is 2. The number of nitrogens with zero attached hydrogens (tertiary/aromatic N) is 1. The van der Waals surface area contributed by atoms with E-state index in [0.717, 1.165) is 17.0 Å². The lowest BCUT2D eigenvalue weighted by Gasteiger charge is -2.18. The van der Waals surface area contributed by atoms with Gasteiger partial charge in [0.05, 0.1) is 7.11 Å². The third-order valence-electron chi connectivity index (χ3n) is 3.05. The first kappa shape index (κ1) is 13.9. The van der Waals surface area contributed by atoms with Crippen LogP contribution in [0.4, 0.5) is 10.5 Å². The Morgan fingerprint density at radius 3 is 2.35 bits per heavy atom. The van der Waals surface area contributed by atoms with Gasteiger partial charge in [-0.2, -0.15) is 0 Å². The summed E-state index contributed by atoms with van der Waals surface area (Å²) in [5, 5.41) is 2.88. The summed E-state index contributed by atoms with van der Waals surface area (Å²) in [4.78, 5) is 13.6. The van der Waals surface area contributed by atoms with Crippen molar-refractivity contribution < 1.29 is 9.53 Å². The fourth-order valence-electron chi connectivity index (χ4n) is 1.81. The summed E-state index contributed by atoms with van der Waals surface area (Å²) in [6.45, 7) is 0.486. The van der Waals surface area contributed by atoms with Crippen molar-refractivity contribution in [2.45, 2.75) is 6.54 Å². The number of amides is 2. The summed E-state index contributed by atoms with van der Waals surface area (Å²) < 4.78 is 5.10.